The molecule has 0 amide bonds. The highest BCUT2D eigenvalue weighted by atomic mass is 16.5. The maximum absolute atomic E-state index is 5.74. The summed E-state index contributed by atoms with van der Waals surface area (Å²) in [7, 11) is 0. The van der Waals surface area contributed by atoms with Crippen molar-refractivity contribution in [2.24, 2.45) is 5.92 Å². The lowest BCUT2D eigenvalue weighted by atomic mass is 10.0. The van der Waals surface area contributed by atoms with Gasteiger partial charge in [0.1, 0.15) is 0 Å². The zero-order valence-electron chi connectivity index (χ0n) is 10.7. The van der Waals surface area contributed by atoms with Gasteiger partial charge in [0.15, 0.2) is 0 Å². The van der Waals surface area contributed by atoms with E-state index in [0.29, 0.717) is 12.1 Å². The first-order chi connectivity index (χ1) is 7.79. The molecule has 2 aliphatic heterocycles. The average Bonchev–Trinajstić information content (AvgIpc) is 2.66. The van der Waals surface area contributed by atoms with Crippen LogP contribution in [-0.2, 0) is 4.74 Å². The van der Waals surface area contributed by atoms with Gasteiger partial charge < -0.3 is 10.1 Å². The van der Waals surface area contributed by atoms with Crippen LogP contribution >= 0.6 is 0 Å². The molecule has 2 aliphatic rings. The van der Waals surface area contributed by atoms with Crippen LogP contribution in [0.5, 0.6) is 0 Å². The van der Waals surface area contributed by atoms with E-state index in [4.69, 9.17) is 4.74 Å². The number of piperidine rings is 1. The molecule has 3 heteroatoms. The molecule has 94 valence electrons. The van der Waals surface area contributed by atoms with Gasteiger partial charge in [0, 0.05) is 25.7 Å². The van der Waals surface area contributed by atoms with Crippen molar-refractivity contribution in [3.63, 3.8) is 0 Å². The minimum Gasteiger partial charge on any atom is -0.377 e. The third kappa shape index (κ3) is 3.19. The number of hydrogen-bond donors (Lipinski definition) is 1. The lowest BCUT2D eigenvalue weighted by Crippen LogP contribution is -2.46. The van der Waals surface area contributed by atoms with Gasteiger partial charge in [-0.3, -0.25) is 4.90 Å². The van der Waals surface area contributed by atoms with E-state index in [1.807, 2.05) is 0 Å². The number of rotatable bonds is 4. The van der Waals surface area contributed by atoms with Crippen LogP contribution in [0, 0.1) is 5.92 Å². The van der Waals surface area contributed by atoms with E-state index in [2.05, 4.69) is 24.1 Å². The molecule has 0 aromatic heterocycles. The number of likely N-dealkylation sites (tertiary alicyclic amines) is 1. The molecule has 3 unspecified atom stereocenters. The van der Waals surface area contributed by atoms with Gasteiger partial charge in [0.2, 0.25) is 0 Å². The fourth-order valence-corrected chi connectivity index (χ4v) is 2.97. The van der Waals surface area contributed by atoms with Crippen LogP contribution in [0.15, 0.2) is 0 Å². The fourth-order valence-electron chi connectivity index (χ4n) is 2.97. The van der Waals surface area contributed by atoms with E-state index in [-0.39, 0.29) is 0 Å². The Labute approximate surface area is 99.5 Å². The van der Waals surface area contributed by atoms with Crippen molar-refractivity contribution in [1.82, 2.24) is 10.2 Å². The summed E-state index contributed by atoms with van der Waals surface area (Å²) in [6.07, 6.45) is 4.37. The second kappa shape index (κ2) is 5.99. The molecule has 2 fully saturated rings. The van der Waals surface area contributed by atoms with Gasteiger partial charge >= 0.3 is 0 Å². The summed E-state index contributed by atoms with van der Waals surface area (Å²) in [5.74, 6) is 0.840. The molecular weight excluding hydrogens is 200 g/mol. The second-order valence-electron chi connectivity index (χ2n) is 5.31. The standard InChI is InChI=1S/C13H26N2O/c1-3-16-12-5-4-8-15(9-12)10-13-11(2)6-7-14-13/h11-14H,3-10H2,1-2H3. The highest BCUT2D eigenvalue weighted by Gasteiger charge is 2.27. The van der Waals surface area contributed by atoms with Crippen molar-refractivity contribution < 1.29 is 4.74 Å². The Kier molecular flexibility index (Phi) is 4.62. The average molecular weight is 226 g/mol. The quantitative estimate of drug-likeness (QED) is 0.786. The highest BCUT2D eigenvalue weighted by molar-refractivity contribution is 4.85. The normalized spacial score (nSPS) is 36.8. The zero-order chi connectivity index (χ0) is 11.4. The summed E-state index contributed by atoms with van der Waals surface area (Å²) in [5.41, 5.74) is 0. The first kappa shape index (κ1) is 12.3. The van der Waals surface area contributed by atoms with E-state index in [9.17, 15) is 0 Å². The van der Waals surface area contributed by atoms with Crippen LogP contribution in [0.1, 0.15) is 33.1 Å². The van der Waals surface area contributed by atoms with Crippen molar-refractivity contribution in [2.75, 3.05) is 32.8 Å². The third-order valence-corrected chi connectivity index (χ3v) is 4.01. The molecule has 3 nitrogen and oxygen atoms in total. The van der Waals surface area contributed by atoms with E-state index in [1.54, 1.807) is 0 Å². The Morgan fingerprint density at radius 1 is 1.38 bits per heavy atom. The Hall–Kier alpha value is -0.120. The molecule has 0 bridgehead atoms. The first-order valence-electron chi connectivity index (χ1n) is 6.87. The summed E-state index contributed by atoms with van der Waals surface area (Å²) in [4.78, 5) is 2.59. The lowest BCUT2D eigenvalue weighted by Gasteiger charge is -2.34. The van der Waals surface area contributed by atoms with Crippen LogP contribution in [0.2, 0.25) is 0 Å². The molecule has 0 aromatic rings. The molecule has 0 aromatic carbocycles. The Balaban J connectivity index is 1.76. The minimum atomic E-state index is 0.482. The molecule has 1 N–H and O–H groups in total. The van der Waals surface area contributed by atoms with Crippen LogP contribution in [0.3, 0.4) is 0 Å². The largest absolute Gasteiger partial charge is 0.377 e. The Bertz CT molecular complexity index is 208. The van der Waals surface area contributed by atoms with Crippen molar-refractivity contribution >= 4 is 0 Å². The summed E-state index contributed by atoms with van der Waals surface area (Å²) in [5, 5.41) is 3.62. The van der Waals surface area contributed by atoms with Gasteiger partial charge in [0.25, 0.3) is 0 Å². The van der Waals surface area contributed by atoms with E-state index >= 15 is 0 Å². The van der Waals surface area contributed by atoms with Gasteiger partial charge in [-0.1, -0.05) is 6.92 Å². The predicted octanol–water partition coefficient (Wildman–Crippen LogP) is 1.49. The molecule has 0 spiro atoms. The van der Waals surface area contributed by atoms with Crippen LogP contribution in [-0.4, -0.2) is 49.8 Å². The molecule has 0 radical (unpaired) electrons. The van der Waals surface area contributed by atoms with Gasteiger partial charge in [-0.25, -0.2) is 0 Å². The minimum absolute atomic E-state index is 0.482. The third-order valence-electron chi connectivity index (χ3n) is 4.01. The summed E-state index contributed by atoms with van der Waals surface area (Å²) < 4.78 is 5.74. The SMILES string of the molecule is CCOC1CCCN(CC2NCCC2C)C1. The van der Waals surface area contributed by atoms with Gasteiger partial charge in [0.05, 0.1) is 6.10 Å². The summed E-state index contributed by atoms with van der Waals surface area (Å²) in [6.45, 7) is 10.1. The van der Waals surface area contributed by atoms with Crippen molar-refractivity contribution in [3.8, 4) is 0 Å². The number of hydrogen-bond acceptors (Lipinski definition) is 3. The van der Waals surface area contributed by atoms with Crippen molar-refractivity contribution in [3.05, 3.63) is 0 Å². The molecule has 0 aliphatic carbocycles. The van der Waals surface area contributed by atoms with E-state index in [0.717, 1.165) is 19.1 Å². The zero-order valence-corrected chi connectivity index (χ0v) is 10.7. The molecule has 2 heterocycles. The summed E-state index contributed by atoms with van der Waals surface area (Å²) in [6, 6.07) is 0.709. The highest BCUT2D eigenvalue weighted by Crippen LogP contribution is 2.19. The van der Waals surface area contributed by atoms with Crippen molar-refractivity contribution in [2.45, 2.75) is 45.3 Å². The second-order valence-corrected chi connectivity index (χ2v) is 5.31. The van der Waals surface area contributed by atoms with E-state index < -0.39 is 0 Å². The fraction of sp³-hybridized carbons (Fsp3) is 1.00. The maximum Gasteiger partial charge on any atom is 0.0702 e. The Morgan fingerprint density at radius 2 is 2.25 bits per heavy atom. The van der Waals surface area contributed by atoms with Crippen LogP contribution < -0.4 is 5.32 Å². The van der Waals surface area contributed by atoms with Crippen LogP contribution in [0.4, 0.5) is 0 Å². The van der Waals surface area contributed by atoms with Gasteiger partial charge in [-0.2, -0.15) is 0 Å². The number of ether oxygens (including phenoxy) is 1. The first-order valence-corrected chi connectivity index (χ1v) is 6.87. The Morgan fingerprint density at radius 3 is 2.94 bits per heavy atom. The molecular formula is C13H26N2O. The van der Waals surface area contributed by atoms with Gasteiger partial charge in [-0.05, 0) is 45.2 Å². The number of nitrogens with one attached hydrogen (secondary N) is 1. The molecule has 16 heavy (non-hydrogen) atoms. The summed E-state index contributed by atoms with van der Waals surface area (Å²) >= 11 is 0. The molecule has 2 rings (SSSR count). The predicted molar refractivity (Wildman–Crippen MR) is 66.7 cm³/mol. The lowest BCUT2D eigenvalue weighted by molar-refractivity contribution is 0.00306. The molecule has 0 saturated carbocycles. The smallest absolute Gasteiger partial charge is 0.0702 e. The van der Waals surface area contributed by atoms with Crippen LogP contribution in [0.25, 0.3) is 0 Å². The monoisotopic (exact) mass is 226 g/mol. The van der Waals surface area contributed by atoms with Gasteiger partial charge in [-0.15, -0.1) is 0 Å². The molecule has 3 atom stereocenters. The maximum atomic E-state index is 5.74. The van der Waals surface area contributed by atoms with Crippen molar-refractivity contribution in [1.29, 1.82) is 0 Å². The van der Waals surface area contributed by atoms with E-state index in [1.165, 1.54) is 38.9 Å². The topological polar surface area (TPSA) is 24.5 Å². The molecule has 2 saturated heterocycles. The number of nitrogens with zero attached hydrogens (tertiary/aromatic N) is 1.